The van der Waals surface area contributed by atoms with Crippen LogP contribution in [-0.2, 0) is 15.6 Å². The van der Waals surface area contributed by atoms with Gasteiger partial charge in [-0.15, -0.1) is 0 Å². The van der Waals surface area contributed by atoms with Gasteiger partial charge in [-0.1, -0.05) is 0 Å². The summed E-state index contributed by atoms with van der Waals surface area (Å²) in [6.07, 6.45) is 1.91. The van der Waals surface area contributed by atoms with E-state index in [1.165, 1.54) is 0 Å². The maximum atomic E-state index is 12.3. The molecule has 6 nitrogen and oxygen atoms in total. The van der Waals surface area contributed by atoms with Gasteiger partial charge in [-0.05, 0) is 12.8 Å². The van der Waals surface area contributed by atoms with Crippen LogP contribution < -0.4 is 0 Å². The highest BCUT2D eigenvalue weighted by Gasteiger charge is 2.35. The Kier molecular flexibility index (Phi) is 4.21. The van der Waals surface area contributed by atoms with Gasteiger partial charge in [-0.25, -0.2) is 4.79 Å². The molecule has 1 aliphatic carbocycles. The van der Waals surface area contributed by atoms with Crippen LogP contribution >= 0.6 is 0 Å². The van der Waals surface area contributed by atoms with Gasteiger partial charge in [0, 0.05) is 48.0 Å². The molecule has 0 aromatic rings. The highest BCUT2D eigenvalue weighted by atomic mass is 32.2. The minimum atomic E-state index is -0.881. The van der Waals surface area contributed by atoms with Gasteiger partial charge < -0.3 is 14.9 Å². The Hall–Kier alpha value is -1.11. The van der Waals surface area contributed by atoms with E-state index in [9.17, 15) is 13.8 Å². The number of carbonyl (C=O) groups excluding carboxylic acids is 1. The standard InChI is InChI=1S/C11H18N2O4S/c14-10(15)3-4-13(9-1-2-9)11(16)12-5-7-18(17)8-6-12/h9H,1-8H2,(H,14,15). The second-order valence-electron chi connectivity index (χ2n) is 4.69. The maximum absolute atomic E-state index is 12.3. The second kappa shape index (κ2) is 5.69. The molecule has 2 amide bonds. The normalized spacial score (nSPS) is 20.8. The van der Waals surface area contributed by atoms with Crippen molar-refractivity contribution in [3.63, 3.8) is 0 Å². The lowest BCUT2D eigenvalue weighted by molar-refractivity contribution is -0.137. The lowest BCUT2D eigenvalue weighted by Crippen LogP contribution is -2.50. The average Bonchev–Trinajstić information content (AvgIpc) is 3.14. The predicted molar refractivity (Wildman–Crippen MR) is 66.8 cm³/mol. The highest BCUT2D eigenvalue weighted by molar-refractivity contribution is 7.85. The summed E-state index contributed by atoms with van der Waals surface area (Å²) in [6, 6.07) is 0.125. The molecule has 2 aliphatic rings. The third-order valence-electron chi connectivity index (χ3n) is 3.25. The number of aliphatic carboxylic acids is 1. The molecule has 7 heteroatoms. The fourth-order valence-electron chi connectivity index (χ4n) is 2.05. The van der Waals surface area contributed by atoms with Crippen molar-refractivity contribution in [2.45, 2.75) is 25.3 Å². The van der Waals surface area contributed by atoms with Crippen LogP contribution in [0.2, 0.25) is 0 Å². The Balaban J connectivity index is 1.90. The first kappa shape index (κ1) is 13.3. The Morgan fingerprint density at radius 2 is 1.89 bits per heavy atom. The summed E-state index contributed by atoms with van der Waals surface area (Å²) in [5, 5.41) is 8.70. The molecule has 0 aromatic carbocycles. The highest BCUT2D eigenvalue weighted by Crippen LogP contribution is 2.28. The van der Waals surface area contributed by atoms with Crippen molar-refractivity contribution < 1.29 is 18.9 Å². The van der Waals surface area contributed by atoms with Gasteiger partial charge in [0.05, 0.1) is 6.42 Å². The molecule has 0 atom stereocenters. The molecular weight excluding hydrogens is 256 g/mol. The number of rotatable bonds is 4. The van der Waals surface area contributed by atoms with Crippen LogP contribution in [0.15, 0.2) is 0 Å². The van der Waals surface area contributed by atoms with E-state index in [4.69, 9.17) is 5.11 Å². The second-order valence-corrected chi connectivity index (χ2v) is 6.38. The van der Waals surface area contributed by atoms with Crippen molar-refractivity contribution in [2.24, 2.45) is 0 Å². The molecule has 1 heterocycles. The van der Waals surface area contributed by atoms with E-state index in [1.807, 2.05) is 0 Å². The molecular formula is C11H18N2O4S. The van der Waals surface area contributed by atoms with E-state index in [-0.39, 0.29) is 25.0 Å². The zero-order chi connectivity index (χ0) is 13.1. The van der Waals surface area contributed by atoms with Crippen molar-refractivity contribution in [2.75, 3.05) is 31.1 Å². The number of amides is 2. The van der Waals surface area contributed by atoms with Gasteiger partial charge in [0.25, 0.3) is 0 Å². The third-order valence-corrected chi connectivity index (χ3v) is 4.52. The minimum absolute atomic E-state index is 0.0119. The van der Waals surface area contributed by atoms with Crippen molar-refractivity contribution in [1.29, 1.82) is 0 Å². The SMILES string of the molecule is O=C(O)CCN(C(=O)N1CCS(=O)CC1)C1CC1. The number of hydrogen-bond donors (Lipinski definition) is 1. The average molecular weight is 274 g/mol. The van der Waals surface area contributed by atoms with Gasteiger partial charge in [0.2, 0.25) is 0 Å². The van der Waals surface area contributed by atoms with Gasteiger partial charge in [0.15, 0.2) is 0 Å². The lowest BCUT2D eigenvalue weighted by atomic mass is 10.3. The van der Waals surface area contributed by atoms with Crippen LogP contribution in [0, 0.1) is 0 Å². The van der Waals surface area contributed by atoms with Crippen molar-refractivity contribution in [3.05, 3.63) is 0 Å². The Morgan fingerprint density at radius 1 is 1.28 bits per heavy atom. The van der Waals surface area contributed by atoms with Crippen LogP contribution in [0.5, 0.6) is 0 Å². The summed E-state index contributed by atoms with van der Waals surface area (Å²) < 4.78 is 11.2. The number of carbonyl (C=O) groups is 2. The Labute approximate surface area is 108 Å². The van der Waals surface area contributed by atoms with Gasteiger partial charge >= 0.3 is 12.0 Å². The minimum Gasteiger partial charge on any atom is -0.481 e. The Bertz CT molecular complexity index is 360. The zero-order valence-electron chi connectivity index (χ0n) is 10.2. The van der Waals surface area contributed by atoms with Gasteiger partial charge in [-0.2, -0.15) is 0 Å². The lowest BCUT2D eigenvalue weighted by Gasteiger charge is -2.32. The molecule has 0 unspecified atom stereocenters. The molecule has 1 aliphatic heterocycles. The molecule has 0 radical (unpaired) electrons. The Morgan fingerprint density at radius 3 is 2.39 bits per heavy atom. The van der Waals surface area contributed by atoms with E-state index >= 15 is 0 Å². The molecule has 102 valence electrons. The largest absolute Gasteiger partial charge is 0.481 e. The van der Waals surface area contributed by atoms with Crippen LogP contribution in [0.3, 0.4) is 0 Å². The van der Waals surface area contributed by atoms with E-state index in [2.05, 4.69) is 0 Å². The summed E-state index contributed by atoms with van der Waals surface area (Å²) >= 11 is 0. The smallest absolute Gasteiger partial charge is 0.320 e. The van der Waals surface area contributed by atoms with E-state index in [0.717, 1.165) is 12.8 Å². The summed E-state index contributed by atoms with van der Waals surface area (Å²) in [4.78, 5) is 26.2. The molecule has 18 heavy (non-hydrogen) atoms. The first-order chi connectivity index (χ1) is 8.58. The van der Waals surface area contributed by atoms with Crippen LogP contribution in [0.1, 0.15) is 19.3 Å². The zero-order valence-corrected chi connectivity index (χ0v) is 11.0. The quantitative estimate of drug-likeness (QED) is 0.789. The first-order valence-corrected chi connectivity index (χ1v) is 7.69. The molecule has 0 spiro atoms. The van der Waals surface area contributed by atoms with E-state index in [0.29, 0.717) is 24.6 Å². The number of hydrogen-bond acceptors (Lipinski definition) is 3. The summed E-state index contributed by atoms with van der Waals surface area (Å²) in [6.45, 7) is 1.31. The summed E-state index contributed by atoms with van der Waals surface area (Å²) in [5.74, 6) is 0.181. The van der Waals surface area contributed by atoms with Crippen molar-refractivity contribution >= 4 is 22.8 Å². The van der Waals surface area contributed by atoms with Crippen molar-refractivity contribution in [1.82, 2.24) is 9.80 Å². The van der Waals surface area contributed by atoms with Gasteiger partial charge in [0.1, 0.15) is 0 Å². The van der Waals surface area contributed by atoms with Gasteiger partial charge in [-0.3, -0.25) is 9.00 Å². The molecule has 0 aromatic heterocycles. The number of nitrogens with zero attached hydrogens (tertiary/aromatic N) is 2. The fraction of sp³-hybridized carbons (Fsp3) is 0.818. The van der Waals surface area contributed by atoms with E-state index in [1.54, 1.807) is 9.80 Å². The first-order valence-electron chi connectivity index (χ1n) is 6.20. The molecule has 0 bridgehead atoms. The number of carboxylic acids is 1. The topological polar surface area (TPSA) is 77.9 Å². The molecule has 2 fully saturated rings. The fourth-order valence-corrected chi connectivity index (χ4v) is 3.10. The molecule has 1 N–H and O–H groups in total. The maximum Gasteiger partial charge on any atom is 0.320 e. The van der Waals surface area contributed by atoms with Crippen LogP contribution in [0.25, 0.3) is 0 Å². The van der Waals surface area contributed by atoms with Crippen LogP contribution in [-0.4, -0.2) is 68.3 Å². The number of carboxylic acid groups (broad SMARTS) is 1. The molecule has 2 rings (SSSR count). The number of urea groups is 1. The molecule has 1 saturated carbocycles. The van der Waals surface area contributed by atoms with E-state index < -0.39 is 16.8 Å². The monoisotopic (exact) mass is 274 g/mol. The van der Waals surface area contributed by atoms with Crippen LogP contribution in [0.4, 0.5) is 4.79 Å². The van der Waals surface area contributed by atoms with Crippen molar-refractivity contribution in [3.8, 4) is 0 Å². The summed E-state index contributed by atoms with van der Waals surface area (Å²) in [7, 11) is -0.803. The third kappa shape index (κ3) is 3.44. The summed E-state index contributed by atoms with van der Waals surface area (Å²) in [5.41, 5.74) is 0. The molecule has 1 saturated heterocycles. The predicted octanol–water partition coefficient (Wildman–Crippen LogP) is 0.110.